The zero-order chi connectivity index (χ0) is 25.6. The average molecular weight is 488 g/mol. The third kappa shape index (κ3) is 4.04. The molecule has 0 aliphatic carbocycles. The molecule has 0 bridgehead atoms. The lowest BCUT2D eigenvalue weighted by molar-refractivity contribution is 0.0701. The quantitative estimate of drug-likeness (QED) is 0.328. The van der Waals surface area contributed by atoms with Crippen molar-refractivity contribution in [2.24, 2.45) is 5.92 Å². The number of furan rings is 1. The summed E-state index contributed by atoms with van der Waals surface area (Å²) >= 11 is 0. The number of ether oxygens (including phenoxy) is 2. The van der Waals surface area contributed by atoms with Crippen molar-refractivity contribution in [3.63, 3.8) is 0 Å². The molecule has 0 saturated heterocycles. The van der Waals surface area contributed by atoms with Crippen molar-refractivity contribution in [1.82, 2.24) is 4.90 Å². The molecule has 2 aromatic carbocycles. The SMILES string of the molecule is COc1cc(C2c3c(oc4c(C)cc(C)cc4c3=O)C(=O)N2Cc2ccco2)ccc1OCC(C)C. The highest BCUT2D eigenvalue weighted by Gasteiger charge is 2.43. The van der Waals surface area contributed by atoms with Crippen LogP contribution >= 0.6 is 0 Å². The van der Waals surface area contributed by atoms with Crippen molar-refractivity contribution >= 4 is 16.9 Å². The van der Waals surface area contributed by atoms with Gasteiger partial charge >= 0.3 is 0 Å². The molecule has 3 heterocycles. The maximum absolute atomic E-state index is 13.9. The number of methoxy groups -OCH3 is 1. The van der Waals surface area contributed by atoms with Crippen LogP contribution in [-0.4, -0.2) is 24.5 Å². The Morgan fingerprint density at radius 1 is 1.06 bits per heavy atom. The Hall–Kier alpha value is -4.00. The van der Waals surface area contributed by atoms with Crippen LogP contribution in [0.5, 0.6) is 11.5 Å². The Bertz CT molecular complexity index is 1500. The van der Waals surface area contributed by atoms with E-state index in [4.69, 9.17) is 18.3 Å². The Labute approximate surface area is 209 Å². The van der Waals surface area contributed by atoms with Crippen LogP contribution in [0.2, 0.25) is 0 Å². The third-order valence-electron chi connectivity index (χ3n) is 6.38. The lowest BCUT2D eigenvalue weighted by Gasteiger charge is -2.25. The molecule has 0 spiro atoms. The Morgan fingerprint density at radius 2 is 1.86 bits per heavy atom. The summed E-state index contributed by atoms with van der Waals surface area (Å²) in [7, 11) is 1.57. The maximum atomic E-state index is 13.9. The Kier molecular flexibility index (Phi) is 6.08. The summed E-state index contributed by atoms with van der Waals surface area (Å²) in [5, 5.41) is 0.466. The first-order valence-electron chi connectivity index (χ1n) is 12.0. The number of nitrogens with zero attached hydrogens (tertiary/aromatic N) is 1. The average Bonchev–Trinajstić information content (AvgIpc) is 3.45. The summed E-state index contributed by atoms with van der Waals surface area (Å²) in [6.45, 7) is 8.68. The van der Waals surface area contributed by atoms with E-state index in [1.807, 2.05) is 44.2 Å². The van der Waals surface area contributed by atoms with E-state index in [1.165, 1.54) is 0 Å². The van der Waals surface area contributed by atoms with E-state index in [9.17, 15) is 9.59 Å². The molecule has 7 heteroatoms. The molecule has 0 radical (unpaired) electrons. The minimum atomic E-state index is -0.674. The molecule has 1 amide bonds. The second kappa shape index (κ2) is 9.22. The van der Waals surface area contributed by atoms with Crippen molar-refractivity contribution in [3.05, 3.63) is 92.7 Å². The van der Waals surface area contributed by atoms with Crippen molar-refractivity contribution in [3.8, 4) is 11.5 Å². The molecule has 0 fully saturated rings. The topological polar surface area (TPSA) is 82.1 Å². The van der Waals surface area contributed by atoms with Gasteiger partial charge in [0, 0.05) is 0 Å². The predicted octanol–water partition coefficient (Wildman–Crippen LogP) is 5.79. The van der Waals surface area contributed by atoms with E-state index < -0.39 is 6.04 Å². The predicted molar refractivity (Wildman–Crippen MR) is 136 cm³/mol. The fourth-order valence-corrected chi connectivity index (χ4v) is 4.78. The first kappa shape index (κ1) is 23.7. The Balaban J connectivity index is 1.70. The van der Waals surface area contributed by atoms with Gasteiger partial charge in [-0.15, -0.1) is 0 Å². The number of aryl methyl sites for hydroxylation is 2. The van der Waals surface area contributed by atoms with Gasteiger partial charge in [-0.2, -0.15) is 0 Å². The molecule has 1 aliphatic heterocycles. The van der Waals surface area contributed by atoms with Crippen molar-refractivity contribution in [1.29, 1.82) is 0 Å². The number of benzene rings is 2. The van der Waals surface area contributed by atoms with Crippen molar-refractivity contribution in [2.75, 3.05) is 13.7 Å². The standard InChI is InChI=1S/C29H29NO6/c1-16(2)15-35-22-9-8-19(13-23(22)33-5)25-24-26(31)21-12-17(3)11-18(4)27(21)36-28(24)29(32)30(25)14-20-7-6-10-34-20/h6-13,16,25H,14-15H2,1-5H3. The normalized spacial score (nSPS) is 15.1. The van der Waals surface area contributed by atoms with Crippen LogP contribution in [0.15, 0.2) is 62.4 Å². The van der Waals surface area contributed by atoms with Crippen molar-refractivity contribution < 1.29 is 23.1 Å². The van der Waals surface area contributed by atoms with Crippen LogP contribution in [-0.2, 0) is 6.54 Å². The molecule has 0 N–H and O–H groups in total. The fourth-order valence-electron chi connectivity index (χ4n) is 4.78. The molecule has 1 atom stereocenters. The van der Waals surface area contributed by atoms with Gasteiger partial charge in [-0.25, -0.2) is 0 Å². The summed E-state index contributed by atoms with van der Waals surface area (Å²) in [4.78, 5) is 29.2. The summed E-state index contributed by atoms with van der Waals surface area (Å²) in [6, 6.07) is 12.2. The third-order valence-corrected chi connectivity index (χ3v) is 6.38. The Morgan fingerprint density at radius 3 is 2.56 bits per heavy atom. The highest BCUT2D eigenvalue weighted by molar-refractivity contribution is 5.99. The molecule has 7 nitrogen and oxygen atoms in total. The second-order valence-electron chi connectivity index (χ2n) is 9.66. The lowest BCUT2D eigenvalue weighted by Crippen LogP contribution is -2.29. The molecular formula is C29H29NO6. The largest absolute Gasteiger partial charge is 0.493 e. The van der Waals surface area contributed by atoms with Gasteiger partial charge in [0.05, 0.1) is 43.5 Å². The number of hydrogen-bond acceptors (Lipinski definition) is 6. The minimum absolute atomic E-state index is 0.0649. The molecule has 0 saturated carbocycles. The van der Waals surface area contributed by atoms with E-state index in [0.29, 0.717) is 46.3 Å². The lowest BCUT2D eigenvalue weighted by atomic mass is 9.97. The summed E-state index contributed by atoms with van der Waals surface area (Å²) in [6.07, 6.45) is 1.56. The number of carbonyl (C=O) groups is 1. The van der Waals surface area contributed by atoms with Crippen LogP contribution in [0.1, 0.15) is 58.5 Å². The molecule has 1 unspecified atom stereocenters. The van der Waals surface area contributed by atoms with E-state index in [0.717, 1.165) is 16.7 Å². The monoisotopic (exact) mass is 487 g/mol. The maximum Gasteiger partial charge on any atom is 0.291 e. The number of amides is 1. The van der Waals surface area contributed by atoms with E-state index in [-0.39, 0.29) is 23.6 Å². The number of rotatable bonds is 7. The summed E-state index contributed by atoms with van der Waals surface area (Å²) in [5.41, 5.74) is 3.03. The molecule has 2 aromatic heterocycles. The van der Waals surface area contributed by atoms with Crippen LogP contribution in [0, 0.1) is 19.8 Å². The molecule has 186 valence electrons. The van der Waals surface area contributed by atoms with Gasteiger partial charge in [-0.3, -0.25) is 9.59 Å². The van der Waals surface area contributed by atoms with E-state index in [2.05, 4.69) is 13.8 Å². The molecule has 1 aliphatic rings. The second-order valence-corrected chi connectivity index (χ2v) is 9.66. The number of fused-ring (bicyclic) bond motifs is 2. The van der Waals surface area contributed by atoms with E-state index >= 15 is 0 Å². The van der Waals surface area contributed by atoms with Gasteiger partial charge in [0.25, 0.3) is 5.91 Å². The minimum Gasteiger partial charge on any atom is -0.493 e. The van der Waals surface area contributed by atoms with Gasteiger partial charge in [-0.05, 0) is 66.8 Å². The highest BCUT2D eigenvalue weighted by atomic mass is 16.5. The van der Waals surface area contributed by atoms with Crippen LogP contribution in [0.4, 0.5) is 0 Å². The number of carbonyl (C=O) groups excluding carboxylic acids is 1. The van der Waals surface area contributed by atoms with Gasteiger partial charge in [0.15, 0.2) is 16.9 Å². The van der Waals surface area contributed by atoms with E-state index in [1.54, 1.807) is 30.4 Å². The van der Waals surface area contributed by atoms with Gasteiger partial charge in [-0.1, -0.05) is 26.0 Å². The highest BCUT2D eigenvalue weighted by Crippen LogP contribution is 2.42. The van der Waals surface area contributed by atoms with Crippen LogP contribution in [0.3, 0.4) is 0 Å². The summed E-state index contributed by atoms with van der Waals surface area (Å²) in [5.74, 6) is 1.80. The van der Waals surface area contributed by atoms with Crippen LogP contribution < -0.4 is 14.9 Å². The molecule has 4 aromatic rings. The van der Waals surface area contributed by atoms with Gasteiger partial charge in [0.2, 0.25) is 5.76 Å². The zero-order valence-electron chi connectivity index (χ0n) is 21.1. The summed E-state index contributed by atoms with van der Waals surface area (Å²) < 4.78 is 23.2. The number of hydrogen-bond donors (Lipinski definition) is 0. The molecule has 5 rings (SSSR count). The zero-order valence-corrected chi connectivity index (χ0v) is 21.1. The first-order chi connectivity index (χ1) is 17.3. The smallest absolute Gasteiger partial charge is 0.291 e. The first-order valence-corrected chi connectivity index (χ1v) is 12.0. The molecule has 36 heavy (non-hydrogen) atoms. The van der Waals surface area contributed by atoms with Crippen molar-refractivity contribution in [2.45, 2.75) is 40.3 Å². The molecular weight excluding hydrogens is 458 g/mol. The van der Waals surface area contributed by atoms with Gasteiger partial charge in [0.1, 0.15) is 11.3 Å². The fraction of sp³-hybridized carbons (Fsp3) is 0.310. The van der Waals surface area contributed by atoms with Gasteiger partial charge < -0.3 is 23.2 Å². The van der Waals surface area contributed by atoms with Crippen LogP contribution in [0.25, 0.3) is 11.0 Å².